The molecule has 0 saturated carbocycles. The average Bonchev–Trinajstić information content (AvgIpc) is 2.47. The van der Waals surface area contributed by atoms with Gasteiger partial charge >= 0.3 is 0 Å². The molecule has 1 fully saturated rings. The summed E-state index contributed by atoms with van der Waals surface area (Å²) in [4.78, 5) is 8.16. The zero-order chi connectivity index (χ0) is 14.5. The summed E-state index contributed by atoms with van der Waals surface area (Å²) in [6, 6.07) is 6.23. The van der Waals surface area contributed by atoms with E-state index in [0.29, 0.717) is 17.8 Å². The third kappa shape index (κ3) is 3.80. The van der Waals surface area contributed by atoms with E-state index in [1.807, 2.05) is 30.4 Å². The Kier molecular flexibility index (Phi) is 4.48. The van der Waals surface area contributed by atoms with Crippen LogP contribution in [0.2, 0.25) is 5.15 Å². The molecule has 2 aromatic heterocycles. The monoisotopic (exact) mass is 301 g/mol. The van der Waals surface area contributed by atoms with Gasteiger partial charge < -0.3 is 10.1 Å². The summed E-state index contributed by atoms with van der Waals surface area (Å²) < 4.78 is 5.73. The van der Waals surface area contributed by atoms with Crippen LogP contribution < -0.4 is 10.1 Å². The van der Waals surface area contributed by atoms with E-state index in [-0.39, 0.29) is 0 Å². The van der Waals surface area contributed by atoms with Gasteiger partial charge in [0.15, 0.2) is 0 Å². The molecule has 0 spiro atoms. The van der Waals surface area contributed by atoms with Gasteiger partial charge in [0.2, 0.25) is 0 Å². The molecule has 0 aliphatic carbocycles. The number of ether oxygens (including phenoxy) is 1. The zero-order valence-corrected chi connectivity index (χ0v) is 12.3. The second-order valence-electron chi connectivity index (χ2n) is 4.92. The Bertz CT molecular complexity index is 627. The number of nitrogens with zero attached hydrogens (tertiary/aromatic N) is 2. The number of pyridine rings is 2. The molecule has 0 unspecified atom stereocenters. The molecular weight excluding hydrogens is 286 g/mol. The minimum absolute atomic E-state index is 0.455. The maximum atomic E-state index is 6.12. The fourth-order valence-corrected chi connectivity index (χ4v) is 2.16. The van der Waals surface area contributed by atoms with E-state index < -0.39 is 0 Å². The summed E-state index contributed by atoms with van der Waals surface area (Å²) >= 11 is 6.12. The quantitative estimate of drug-likeness (QED) is 0.862. The largest absolute Gasteiger partial charge is 0.490 e. The number of hydrogen-bond donors (Lipinski definition) is 1. The summed E-state index contributed by atoms with van der Waals surface area (Å²) in [7, 11) is 0. The van der Waals surface area contributed by atoms with Crippen LogP contribution in [0.4, 0.5) is 0 Å². The van der Waals surface area contributed by atoms with Gasteiger partial charge in [-0.2, -0.15) is 0 Å². The molecule has 3 rings (SSSR count). The molecule has 1 saturated heterocycles. The highest BCUT2D eigenvalue weighted by Gasteiger charge is 2.16. The molecule has 5 heteroatoms. The normalized spacial score (nSPS) is 17.7. The van der Waals surface area contributed by atoms with E-state index >= 15 is 0 Å². The number of halogens is 1. The van der Waals surface area contributed by atoms with Crippen molar-refractivity contribution >= 4 is 23.8 Å². The molecule has 0 radical (unpaired) electrons. The smallest absolute Gasteiger partial charge is 0.138 e. The van der Waals surface area contributed by atoms with Crippen molar-refractivity contribution in [2.45, 2.75) is 12.5 Å². The van der Waals surface area contributed by atoms with Crippen LogP contribution in [0, 0.1) is 0 Å². The Balaban J connectivity index is 1.70. The maximum absolute atomic E-state index is 6.12. The highest BCUT2D eigenvalue weighted by atomic mass is 35.5. The van der Waals surface area contributed by atoms with E-state index in [1.54, 1.807) is 18.6 Å². The SMILES string of the molecule is Clc1ncc(OC[C@@H]2CCN2)cc1/C=C/c1ccncc1. The highest BCUT2D eigenvalue weighted by Crippen LogP contribution is 2.22. The summed E-state index contributed by atoms with van der Waals surface area (Å²) in [6.07, 6.45) is 10.2. The van der Waals surface area contributed by atoms with Crippen LogP contribution in [0.1, 0.15) is 17.5 Å². The molecule has 4 nitrogen and oxygen atoms in total. The van der Waals surface area contributed by atoms with Crippen LogP contribution >= 0.6 is 11.6 Å². The van der Waals surface area contributed by atoms with E-state index in [0.717, 1.165) is 29.8 Å². The van der Waals surface area contributed by atoms with E-state index in [2.05, 4.69) is 15.3 Å². The molecule has 2 aromatic rings. The van der Waals surface area contributed by atoms with Crippen molar-refractivity contribution < 1.29 is 4.74 Å². The molecule has 0 bridgehead atoms. The van der Waals surface area contributed by atoms with E-state index in [4.69, 9.17) is 16.3 Å². The minimum Gasteiger partial charge on any atom is -0.490 e. The van der Waals surface area contributed by atoms with Crippen LogP contribution in [0.25, 0.3) is 12.2 Å². The third-order valence-corrected chi connectivity index (χ3v) is 3.70. The second kappa shape index (κ2) is 6.70. The number of nitrogens with one attached hydrogen (secondary N) is 1. The van der Waals surface area contributed by atoms with Gasteiger partial charge in [-0.25, -0.2) is 4.98 Å². The van der Waals surface area contributed by atoms with Gasteiger partial charge in [0, 0.05) is 24.0 Å². The predicted octanol–water partition coefficient (Wildman–Crippen LogP) is 3.04. The molecule has 0 aromatic carbocycles. The molecule has 1 aliphatic rings. The maximum Gasteiger partial charge on any atom is 0.138 e. The van der Waals surface area contributed by atoms with Crippen molar-refractivity contribution in [3.05, 3.63) is 53.1 Å². The molecule has 1 N–H and O–H groups in total. The first-order chi connectivity index (χ1) is 10.3. The molecular formula is C16H16ClN3O. The van der Waals surface area contributed by atoms with Gasteiger partial charge in [-0.15, -0.1) is 0 Å². The highest BCUT2D eigenvalue weighted by molar-refractivity contribution is 6.31. The first-order valence-corrected chi connectivity index (χ1v) is 7.29. The van der Waals surface area contributed by atoms with E-state index in [9.17, 15) is 0 Å². The van der Waals surface area contributed by atoms with Crippen molar-refractivity contribution in [1.29, 1.82) is 0 Å². The second-order valence-corrected chi connectivity index (χ2v) is 5.27. The standard InChI is InChI=1S/C16H16ClN3O/c17-16-13(2-1-12-3-6-18-7-4-12)9-15(10-20-16)21-11-14-5-8-19-14/h1-4,6-7,9-10,14,19H,5,8,11H2/b2-1+/t14-/m0/s1. The third-order valence-electron chi connectivity index (χ3n) is 3.38. The number of hydrogen-bond acceptors (Lipinski definition) is 4. The summed E-state index contributed by atoms with van der Waals surface area (Å²) in [5, 5.41) is 3.76. The van der Waals surface area contributed by atoms with Crippen molar-refractivity contribution in [3.8, 4) is 5.75 Å². The first kappa shape index (κ1) is 14.0. The average molecular weight is 302 g/mol. The van der Waals surface area contributed by atoms with Gasteiger partial charge in [-0.3, -0.25) is 4.98 Å². The molecule has 3 heterocycles. The van der Waals surface area contributed by atoms with Gasteiger partial charge in [-0.1, -0.05) is 23.8 Å². The minimum atomic E-state index is 0.455. The summed E-state index contributed by atoms with van der Waals surface area (Å²) in [5.74, 6) is 0.738. The van der Waals surface area contributed by atoms with Crippen molar-refractivity contribution in [3.63, 3.8) is 0 Å². The Morgan fingerprint density at radius 1 is 1.33 bits per heavy atom. The van der Waals surface area contributed by atoms with Crippen molar-refractivity contribution in [2.24, 2.45) is 0 Å². The molecule has 1 atom stereocenters. The van der Waals surface area contributed by atoms with Gasteiger partial charge in [0.1, 0.15) is 17.5 Å². The predicted molar refractivity (Wildman–Crippen MR) is 84.3 cm³/mol. The molecule has 21 heavy (non-hydrogen) atoms. The Hall–Kier alpha value is -1.91. The fraction of sp³-hybridized carbons (Fsp3) is 0.250. The lowest BCUT2D eigenvalue weighted by Crippen LogP contribution is -2.46. The van der Waals surface area contributed by atoms with Crippen LogP contribution in [0.5, 0.6) is 5.75 Å². The first-order valence-electron chi connectivity index (χ1n) is 6.91. The molecule has 0 amide bonds. The van der Waals surface area contributed by atoms with Crippen LogP contribution in [-0.2, 0) is 0 Å². The lowest BCUT2D eigenvalue weighted by Gasteiger charge is -2.27. The molecule has 108 valence electrons. The lowest BCUT2D eigenvalue weighted by atomic mass is 10.1. The van der Waals surface area contributed by atoms with Crippen LogP contribution in [-0.4, -0.2) is 29.2 Å². The summed E-state index contributed by atoms with van der Waals surface area (Å²) in [5.41, 5.74) is 1.90. The Morgan fingerprint density at radius 2 is 2.14 bits per heavy atom. The topological polar surface area (TPSA) is 47.0 Å². The van der Waals surface area contributed by atoms with Gasteiger partial charge in [0.25, 0.3) is 0 Å². The number of rotatable bonds is 5. The van der Waals surface area contributed by atoms with E-state index in [1.165, 1.54) is 0 Å². The zero-order valence-electron chi connectivity index (χ0n) is 11.5. The van der Waals surface area contributed by atoms with Gasteiger partial charge in [0.05, 0.1) is 6.20 Å². The Labute approximate surface area is 128 Å². The lowest BCUT2D eigenvalue weighted by molar-refractivity contribution is 0.217. The fourth-order valence-electron chi connectivity index (χ4n) is 1.99. The van der Waals surface area contributed by atoms with Crippen molar-refractivity contribution in [1.82, 2.24) is 15.3 Å². The number of aromatic nitrogens is 2. The van der Waals surface area contributed by atoms with Crippen LogP contribution in [0.15, 0.2) is 36.8 Å². The Morgan fingerprint density at radius 3 is 2.86 bits per heavy atom. The summed E-state index contributed by atoms with van der Waals surface area (Å²) in [6.45, 7) is 1.74. The van der Waals surface area contributed by atoms with Gasteiger partial charge in [-0.05, 0) is 36.7 Å². The van der Waals surface area contributed by atoms with Crippen LogP contribution in [0.3, 0.4) is 0 Å². The van der Waals surface area contributed by atoms with Crippen molar-refractivity contribution in [2.75, 3.05) is 13.2 Å². The molecule has 1 aliphatic heterocycles.